The van der Waals surface area contributed by atoms with Crippen LogP contribution in [0.5, 0.6) is 0 Å². The van der Waals surface area contributed by atoms with Gasteiger partial charge in [-0.25, -0.2) is 9.55 Å². The Morgan fingerprint density at radius 3 is 2.50 bits per heavy atom. The number of hydrogen-bond donors (Lipinski definition) is 2. The van der Waals surface area contributed by atoms with Crippen LogP contribution in [0.1, 0.15) is 5.69 Å². The van der Waals surface area contributed by atoms with Gasteiger partial charge in [-0.2, -0.15) is 0 Å². The Morgan fingerprint density at radius 1 is 1.58 bits per heavy atom. The molecule has 0 spiro atoms. The van der Waals surface area contributed by atoms with Crippen molar-refractivity contribution in [2.45, 2.75) is 6.30 Å². The van der Waals surface area contributed by atoms with E-state index in [1.54, 1.807) is 0 Å². The van der Waals surface area contributed by atoms with Gasteiger partial charge in [-0.3, -0.25) is 5.41 Å². The number of imidazole rings is 1. The lowest BCUT2D eigenvalue weighted by molar-refractivity contribution is -0.204. The van der Waals surface area contributed by atoms with Crippen LogP contribution in [0.3, 0.4) is 0 Å². The van der Waals surface area contributed by atoms with Crippen molar-refractivity contribution in [2.24, 2.45) is 5.73 Å². The van der Waals surface area contributed by atoms with Crippen LogP contribution < -0.4 is 5.73 Å². The zero-order valence-corrected chi connectivity index (χ0v) is 5.76. The van der Waals surface area contributed by atoms with Crippen LogP contribution in [0.25, 0.3) is 0 Å². The van der Waals surface area contributed by atoms with Crippen molar-refractivity contribution >= 4 is 5.84 Å². The summed E-state index contributed by atoms with van der Waals surface area (Å²) in [5.41, 5.74) is 4.42. The van der Waals surface area contributed by atoms with Crippen molar-refractivity contribution in [1.82, 2.24) is 9.55 Å². The largest absolute Gasteiger partial charge is 0.490 e. The van der Waals surface area contributed by atoms with E-state index in [-0.39, 0.29) is 4.57 Å². The second-order valence-corrected chi connectivity index (χ2v) is 2.03. The lowest BCUT2D eigenvalue weighted by Gasteiger charge is -2.09. The summed E-state index contributed by atoms with van der Waals surface area (Å²) >= 11 is 0. The highest BCUT2D eigenvalue weighted by Gasteiger charge is 2.33. The summed E-state index contributed by atoms with van der Waals surface area (Å²) in [6.45, 7) is 0. The monoisotopic (exact) mass is 178 g/mol. The minimum atomic E-state index is -4.57. The van der Waals surface area contributed by atoms with Gasteiger partial charge in [0, 0.05) is 0 Å². The minimum absolute atomic E-state index is 0.116. The third kappa shape index (κ3) is 1.39. The Labute approximate surface area is 65.3 Å². The summed E-state index contributed by atoms with van der Waals surface area (Å²) in [7, 11) is 0. The molecule has 0 aliphatic rings. The number of rotatable bonds is 1. The van der Waals surface area contributed by atoms with Crippen molar-refractivity contribution < 1.29 is 13.2 Å². The first-order valence-corrected chi connectivity index (χ1v) is 2.87. The molecule has 66 valence electrons. The highest BCUT2D eigenvalue weighted by atomic mass is 19.4. The van der Waals surface area contributed by atoms with Gasteiger partial charge in [0.1, 0.15) is 17.9 Å². The van der Waals surface area contributed by atoms with Crippen LogP contribution in [-0.4, -0.2) is 15.4 Å². The molecule has 3 N–H and O–H groups in total. The molecule has 0 unspecified atom stereocenters. The van der Waals surface area contributed by atoms with E-state index < -0.39 is 17.8 Å². The Kier molecular flexibility index (Phi) is 1.79. The fourth-order valence-electron chi connectivity index (χ4n) is 0.696. The predicted octanol–water partition coefficient (Wildman–Crippen LogP) is 0.643. The Hall–Kier alpha value is -1.53. The first-order chi connectivity index (χ1) is 5.43. The van der Waals surface area contributed by atoms with Gasteiger partial charge in [0.25, 0.3) is 0 Å². The second kappa shape index (κ2) is 2.50. The normalized spacial score (nSPS) is 11.6. The Morgan fingerprint density at radius 2 is 2.17 bits per heavy atom. The number of nitrogens with zero attached hydrogens (tertiary/aromatic N) is 2. The summed E-state index contributed by atoms with van der Waals surface area (Å²) in [6.07, 6.45) is -3.12. The molecular formula is C5H5F3N4. The van der Waals surface area contributed by atoms with E-state index in [0.717, 1.165) is 6.20 Å². The summed E-state index contributed by atoms with van der Waals surface area (Å²) < 4.78 is 35.9. The van der Waals surface area contributed by atoms with Gasteiger partial charge < -0.3 is 5.73 Å². The topological polar surface area (TPSA) is 67.7 Å². The van der Waals surface area contributed by atoms with E-state index in [1.165, 1.54) is 0 Å². The van der Waals surface area contributed by atoms with Gasteiger partial charge in [0.05, 0.1) is 6.20 Å². The van der Waals surface area contributed by atoms with E-state index in [0.29, 0.717) is 6.33 Å². The molecule has 12 heavy (non-hydrogen) atoms. The number of amidine groups is 1. The smallest absolute Gasteiger partial charge is 0.382 e. The molecule has 0 bridgehead atoms. The van der Waals surface area contributed by atoms with Gasteiger partial charge in [-0.05, 0) is 0 Å². The molecule has 4 nitrogen and oxygen atoms in total. The zero-order valence-electron chi connectivity index (χ0n) is 5.76. The maximum Gasteiger partial charge on any atom is 0.490 e. The molecule has 0 aromatic carbocycles. The number of nitrogens with two attached hydrogens (primary N) is 1. The van der Waals surface area contributed by atoms with Gasteiger partial charge in [0.2, 0.25) is 0 Å². The van der Waals surface area contributed by atoms with Crippen LogP contribution in [0.2, 0.25) is 0 Å². The van der Waals surface area contributed by atoms with Gasteiger partial charge in [-0.1, -0.05) is 0 Å². The van der Waals surface area contributed by atoms with Gasteiger partial charge in [0.15, 0.2) is 0 Å². The molecule has 0 amide bonds. The average Bonchev–Trinajstić information content (AvgIpc) is 2.30. The summed E-state index contributed by atoms with van der Waals surface area (Å²) in [4.78, 5) is 3.23. The molecule has 1 aromatic rings. The van der Waals surface area contributed by atoms with Crippen LogP contribution in [0.4, 0.5) is 13.2 Å². The lowest BCUT2D eigenvalue weighted by atomic mass is 10.4. The fraction of sp³-hybridized carbons (Fsp3) is 0.200. The van der Waals surface area contributed by atoms with Gasteiger partial charge in [-0.15, -0.1) is 13.2 Å². The van der Waals surface area contributed by atoms with Gasteiger partial charge >= 0.3 is 6.30 Å². The maximum absolute atomic E-state index is 12.0. The third-order valence-corrected chi connectivity index (χ3v) is 1.19. The minimum Gasteiger partial charge on any atom is -0.382 e. The Balaban J connectivity index is 3.17. The number of nitrogen functional groups attached to an aromatic ring is 1. The molecule has 0 aliphatic carbocycles. The molecule has 0 radical (unpaired) electrons. The van der Waals surface area contributed by atoms with E-state index in [9.17, 15) is 13.2 Å². The molecule has 1 aromatic heterocycles. The highest BCUT2D eigenvalue weighted by Crippen LogP contribution is 2.23. The lowest BCUT2D eigenvalue weighted by Crippen LogP contribution is -2.24. The van der Waals surface area contributed by atoms with Crippen molar-refractivity contribution in [3.8, 4) is 0 Å². The predicted molar refractivity (Wildman–Crippen MR) is 34.5 cm³/mol. The van der Waals surface area contributed by atoms with E-state index in [4.69, 9.17) is 11.1 Å². The molecule has 0 atom stereocenters. The number of nitrogens with one attached hydrogen (secondary N) is 1. The first-order valence-electron chi connectivity index (χ1n) is 2.87. The van der Waals surface area contributed by atoms with Crippen molar-refractivity contribution in [3.63, 3.8) is 0 Å². The average molecular weight is 178 g/mol. The van der Waals surface area contributed by atoms with E-state index in [1.807, 2.05) is 0 Å². The molecule has 0 saturated carbocycles. The number of halogens is 3. The first kappa shape index (κ1) is 8.57. The van der Waals surface area contributed by atoms with Crippen LogP contribution in [0.15, 0.2) is 12.5 Å². The zero-order chi connectivity index (χ0) is 9.35. The molecular weight excluding hydrogens is 173 g/mol. The maximum atomic E-state index is 12.0. The van der Waals surface area contributed by atoms with Crippen molar-refractivity contribution in [3.05, 3.63) is 18.2 Å². The quantitative estimate of drug-likeness (QED) is 0.489. The van der Waals surface area contributed by atoms with E-state index >= 15 is 0 Å². The standard InChI is InChI=1S/C5H5F3N4/c6-5(7,8)12-2-11-1-3(12)4(9)10/h1-2H,(H3,9,10). The summed E-state index contributed by atoms with van der Waals surface area (Å²) in [6, 6.07) is 0. The molecule has 1 heterocycles. The van der Waals surface area contributed by atoms with E-state index in [2.05, 4.69) is 4.98 Å². The number of alkyl halides is 3. The SMILES string of the molecule is N=C(N)c1cncn1C(F)(F)F. The van der Waals surface area contributed by atoms with Crippen LogP contribution >= 0.6 is 0 Å². The summed E-state index contributed by atoms with van der Waals surface area (Å²) in [5.74, 6) is -0.662. The number of hydrogen-bond acceptors (Lipinski definition) is 2. The third-order valence-electron chi connectivity index (χ3n) is 1.19. The van der Waals surface area contributed by atoms with Crippen LogP contribution in [0, 0.1) is 5.41 Å². The molecule has 0 aliphatic heterocycles. The fourth-order valence-corrected chi connectivity index (χ4v) is 0.696. The van der Waals surface area contributed by atoms with Crippen molar-refractivity contribution in [2.75, 3.05) is 0 Å². The van der Waals surface area contributed by atoms with Crippen LogP contribution in [-0.2, 0) is 6.30 Å². The molecule has 0 saturated heterocycles. The molecule has 7 heteroatoms. The molecule has 0 fully saturated rings. The summed E-state index contributed by atoms with van der Waals surface area (Å²) in [5, 5.41) is 6.79. The number of aromatic nitrogens is 2. The highest BCUT2D eigenvalue weighted by molar-refractivity contribution is 5.93. The van der Waals surface area contributed by atoms with Crippen molar-refractivity contribution in [1.29, 1.82) is 5.41 Å². The second-order valence-electron chi connectivity index (χ2n) is 2.03. The Bertz CT molecular complexity index is 300. The molecule has 1 rings (SSSR count).